The van der Waals surface area contributed by atoms with Crippen LogP contribution in [-0.4, -0.2) is 25.7 Å². The maximum Gasteiger partial charge on any atom is 0.251 e. The van der Waals surface area contributed by atoms with Crippen LogP contribution in [-0.2, 0) is 6.42 Å². The van der Waals surface area contributed by atoms with Gasteiger partial charge in [0.05, 0.1) is 6.04 Å². The van der Waals surface area contributed by atoms with E-state index < -0.39 is 0 Å². The number of aryl methyl sites for hydroxylation is 2. The lowest BCUT2D eigenvalue weighted by atomic mass is 10.1. The summed E-state index contributed by atoms with van der Waals surface area (Å²) < 4.78 is 1.53. The second-order valence-corrected chi connectivity index (χ2v) is 6.01. The van der Waals surface area contributed by atoms with E-state index in [-0.39, 0.29) is 11.9 Å². The first-order valence-corrected chi connectivity index (χ1v) is 7.92. The van der Waals surface area contributed by atoms with E-state index in [0.717, 1.165) is 12.8 Å². The quantitative estimate of drug-likeness (QED) is 0.804. The molecule has 1 amide bonds. The van der Waals surface area contributed by atoms with Gasteiger partial charge >= 0.3 is 0 Å². The van der Waals surface area contributed by atoms with Crippen LogP contribution < -0.4 is 5.32 Å². The lowest BCUT2D eigenvalue weighted by molar-refractivity contribution is 0.0936. The molecule has 0 bridgehead atoms. The second-order valence-electron chi connectivity index (χ2n) is 6.01. The molecule has 0 fully saturated rings. The molecular weight excluding hydrogens is 302 g/mol. The fourth-order valence-corrected chi connectivity index (χ4v) is 3.15. The topological polar surface area (TPSA) is 72.7 Å². The molecule has 3 aromatic rings. The Labute approximate surface area is 139 Å². The van der Waals surface area contributed by atoms with Crippen molar-refractivity contribution < 1.29 is 4.79 Å². The van der Waals surface area contributed by atoms with Gasteiger partial charge in [0.1, 0.15) is 12.7 Å². The molecule has 120 valence electrons. The van der Waals surface area contributed by atoms with Crippen LogP contribution in [0.3, 0.4) is 0 Å². The number of nitrogens with one attached hydrogen (secondary N) is 1. The van der Waals surface area contributed by atoms with Crippen LogP contribution in [0.25, 0.3) is 5.82 Å². The number of pyridine rings is 1. The summed E-state index contributed by atoms with van der Waals surface area (Å²) in [5, 5.41) is 7.17. The van der Waals surface area contributed by atoms with Gasteiger partial charge in [-0.2, -0.15) is 5.10 Å². The predicted octanol–water partition coefficient (Wildman–Crippen LogP) is 2.39. The fourth-order valence-electron chi connectivity index (χ4n) is 3.15. The standard InChI is InChI=1S/C18H17N5O/c1-12-2-4-15-13(8-12)3-5-16(15)22-18(24)14-6-7-20-17(9-14)23-11-19-10-21-23/h2,4,6-11,16H,3,5H2,1H3,(H,22,24). The maximum atomic E-state index is 12.6. The van der Waals surface area contributed by atoms with E-state index in [0.29, 0.717) is 11.4 Å². The summed E-state index contributed by atoms with van der Waals surface area (Å²) in [6.07, 6.45) is 6.54. The van der Waals surface area contributed by atoms with E-state index in [4.69, 9.17) is 0 Å². The minimum atomic E-state index is -0.0998. The number of nitrogens with zero attached hydrogens (tertiary/aromatic N) is 4. The van der Waals surface area contributed by atoms with Crippen LogP contribution in [0.2, 0.25) is 0 Å². The molecule has 1 aliphatic rings. The van der Waals surface area contributed by atoms with Gasteiger partial charge in [0, 0.05) is 11.8 Å². The number of carbonyl (C=O) groups is 1. The monoisotopic (exact) mass is 319 g/mol. The zero-order valence-electron chi connectivity index (χ0n) is 13.3. The largest absolute Gasteiger partial charge is 0.345 e. The first kappa shape index (κ1) is 14.6. The summed E-state index contributed by atoms with van der Waals surface area (Å²) in [6, 6.07) is 9.91. The molecule has 6 heteroatoms. The van der Waals surface area contributed by atoms with Crippen molar-refractivity contribution in [2.45, 2.75) is 25.8 Å². The van der Waals surface area contributed by atoms with Gasteiger partial charge in [-0.15, -0.1) is 0 Å². The number of carbonyl (C=O) groups excluding carboxylic acids is 1. The maximum absolute atomic E-state index is 12.6. The summed E-state index contributed by atoms with van der Waals surface area (Å²) in [4.78, 5) is 20.7. The van der Waals surface area contributed by atoms with Crippen molar-refractivity contribution in [2.75, 3.05) is 0 Å². The van der Waals surface area contributed by atoms with Gasteiger partial charge in [-0.1, -0.05) is 23.8 Å². The molecule has 2 heterocycles. The van der Waals surface area contributed by atoms with E-state index in [9.17, 15) is 4.79 Å². The van der Waals surface area contributed by atoms with Crippen LogP contribution in [0.4, 0.5) is 0 Å². The van der Waals surface area contributed by atoms with Crippen LogP contribution >= 0.6 is 0 Å². The Balaban J connectivity index is 1.55. The minimum absolute atomic E-state index is 0.0658. The third-order valence-corrected chi connectivity index (χ3v) is 4.34. The Morgan fingerprint density at radius 3 is 3.04 bits per heavy atom. The highest BCUT2D eigenvalue weighted by Crippen LogP contribution is 2.31. The van der Waals surface area contributed by atoms with Crippen LogP contribution in [0.15, 0.2) is 49.2 Å². The molecule has 0 saturated heterocycles. The molecule has 24 heavy (non-hydrogen) atoms. The molecule has 0 aliphatic heterocycles. The van der Waals surface area contributed by atoms with Gasteiger partial charge in [0.25, 0.3) is 5.91 Å². The molecule has 0 spiro atoms. The van der Waals surface area contributed by atoms with Gasteiger partial charge in [-0.05, 0) is 43.0 Å². The Kier molecular flexibility index (Phi) is 3.57. The Hall–Kier alpha value is -3.02. The Morgan fingerprint density at radius 2 is 2.21 bits per heavy atom. The fraction of sp³-hybridized carbons (Fsp3) is 0.222. The van der Waals surface area contributed by atoms with E-state index in [1.54, 1.807) is 24.7 Å². The SMILES string of the molecule is Cc1ccc2c(c1)CCC2NC(=O)c1ccnc(-n2cncn2)c1. The van der Waals surface area contributed by atoms with E-state index in [1.165, 1.54) is 27.7 Å². The van der Waals surface area contributed by atoms with Crippen molar-refractivity contribution in [2.24, 2.45) is 0 Å². The number of rotatable bonds is 3. The number of benzene rings is 1. The zero-order chi connectivity index (χ0) is 16.5. The predicted molar refractivity (Wildman–Crippen MR) is 88.9 cm³/mol. The van der Waals surface area contributed by atoms with Crippen molar-refractivity contribution >= 4 is 5.91 Å². The van der Waals surface area contributed by atoms with Crippen LogP contribution in [0, 0.1) is 6.92 Å². The van der Waals surface area contributed by atoms with E-state index in [2.05, 4.69) is 45.5 Å². The number of hydrogen-bond acceptors (Lipinski definition) is 4. The molecule has 1 N–H and O–H groups in total. The highest BCUT2D eigenvalue weighted by Gasteiger charge is 2.24. The van der Waals surface area contributed by atoms with E-state index in [1.807, 2.05) is 0 Å². The van der Waals surface area contributed by atoms with Gasteiger partial charge in [-0.3, -0.25) is 4.79 Å². The highest BCUT2D eigenvalue weighted by atomic mass is 16.1. The highest BCUT2D eigenvalue weighted by molar-refractivity contribution is 5.94. The molecule has 6 nitrogen and oxygen atoms in total. The Bertz CT molecular complexity index is 888. The van der Waals surface area contributed by atoms with E-state index >= 15 is 0 Å². The summed E-state index contributed by atoms with van der Waals surface area (Å²) in [5.41, 5.74) is 4.38. The van der Waals surface area contributed by atoms with Crippen molar-refractivity contribution in [3.63, 3.8) is 0 Å². The molecule has 1 unspecified atom stereocenters. The molecule has 1 aromatic carbocycles. The van der Waals surface area contributed by atoms with Gasteiger partial charge < -0.3 is 5.32 Å². The normalized spacial score (nSPS) is 16.0. The first-order valence-electron chi connectivity index (χ1n) is 7.92. The van der Waals surface area contributed by atoms with Crippen LogP contribution in [0.1, 0.15) is 39.5 Å². The smallest absolute Gasteiger partial charge is 0.251 e. The third-order valence-electron chi connectivity index (χ3n) is 4.34. The average Bonchev–Trinajstić information content (AvgIpc) is 3.25. The number of aromatic nitrogens is 4. The van der Waals surface area contributed by atoms with Crippen LogP contribution in [0.5, 0.6) is 0 Å². The molecule has 1 atom stereocenters. The van der Waals surface area contributed by atoms with Crippen molar-refractivity contribution in [1.82, 2.24) is 25.1 Å². The number of fused-ring (bicyclic) bond motifs is 1. The van der Waals surface area contributed by atoms with Gasteiger partial charge in [0.15, 0.2) is 5.82 Å². The zero-order valence-corrected chi connectivity index (χ0v) is 13.3. The molecule has 4 rings (SSSR count). The Morgan fingerprint density at radius 1 is 1.29 bits per heavy atom. The lowest BCUT2D eigenvalue weighted by Gasteiger charge is -2.14. The molecule has 2 aromatic heterocycles. The molecule has 0 radical (unpaired) electrons. The summed E-state index contributed by atoms with van der Waals surface area (Å²) >= 11 is 0. The third kappa shape index (κ3) is 2.67. The second kappa shape index (κ2) is 5.88. The minimum Gasteiger partial charge on any atom is -0.345 e. The molecule has 1 aliphatic carbocycles. The molecule has 0 saturated carbocycles. The summed E-state index contributed by atoms with van der Waals surface area (Å²) in [7, 11) is 0. The van der Waals surface area contributed by atoms with Gasteiger partial charge in [0.2, 0.25) is 0 Å². The average molecular weight is 319 g/mol. The molecular formula is C18H17N5O. The summed E-state index contributed by atoms with van der Waals surface area (Å²) in [5.74, 6) is 0.472. The number of amides is 1. The van der Waals surface area contributed by atoms with Crippen molar-refractivity contribution in [3.05, 3.63) is 71.4 Å². The number of hydrogen-bond donors (Lipinski definition) is 1. The van der Waals surface area contributed by atoms with Crippen molar-refractivity contribution in [1.29, 1.82) is 0 Å². The first-order chi connectivity index (χ1) is 11.7. The summed E-state index contributed by atoms with van der Waals surface area (Å²) in [6.45, 7) is 2.09. The van der Waals surface area contributed by atoms with Gasteiger partial charge in [-0.25, -0.2) is 14.6 Å². The lowest BCUT2D eigenvalue weighted by Crippen LogP contribution is -2.27. The van der Waals surface area contributed by atoms with Crippen molar-refractivity contribution in [3.8, 4) is 5.82 Å².